The van der Waals surface area contributed by atoms with Crippen LogP contribution in [0.15, 0.2) is 231 Å². The molecule has 0 fully saturated rings. The Hall–Kier alpha value is -8.24. The summed E-state index contributed by atoms with van der Waals surface area (Å²) in [5.74, 6) is 1.82. The molecule has 12 rings (SSSR count). The molecular formula is C61H38ClN3. The number of hydrogen-bond donors (Lipinski definition) is 0. The molecule has 65 heavy (non-hydrogen) atoms. The Morgan fingerprint density at radius 3 is 1.42 bits per heavy atom. The van der Waals surface area contributed by atoms with Gasteiger partial charge in [-0.05, 0) is 113 Å². The van der Waals surface area contributed by atoms with Crippen LogP contribution in [0.1, 0.15) is 0 Å². The first-order valence-corrected chi connectivity index (χ1v) is 22.2. The number of nitrogens with zero attached hydrogens (tertiary/aromatic N) is 3. The van der Waals surface area contributed by atoms with Crippen LogP contribution in [0.5, 0.6) is 0 Å². The summed E-state index contributed by atoms with van der Waals surface area (Å²) in [7, 11) is 0. The van der Waals surface area contributed by atoms with Crippen molar-refractivity contribution in [3.05, 3.63) is 236 Å². The molecule has 0 N–H and O–H groups in total. The highest BCUT2D eigenvalue weighted by molar-refractivity contribution is 6.34. The van der Waals surface area contributed by atoms with E-state index in [9.17, 15) is 0 Å². The van der Waals surface area contributed by atoms with Gasteiger partial charge in [-0.15, -0.1) is 0 Å². The van der Waals surface area contributed by atoms with Crippen molar-refractivity contribution in [2.75, 3.05) is 0 Å². The lowest BCUT2D eigenvalue weighted by Crippen LogP contribution is -2.00. The lowest BCUT2D eigenvalue weighted by molar-refractivity contribution is 1.07. The molecule has 1 heterocycles. The summed E-state index contributed by atoms with van der Waals surface area (Å²) in [6.45, 7) is 0. The monoisotopic (exact) mass is 847 g/mol. The first kappa shape index (κ1) is 38.4. The van der Waals surface area contributed by atoms with Gasteiger partial charge in [0.2, 0.25) is 0 Å². The van der Waals surface area contributed by atoms with E-state index in [0.29, 0.717) is 22.5 Å². The summed E-state index contributed by atoms with van der Waals surface area (Å²) < 4.78 is 0. The first-order chi connectivity index (χ1) is 32.1. The fourth-order valence-electron chi connectivity index (χ4n) is 9.46. The minimum absolute atomic E-state index is 0.593. The van der Waals surface area contributed by atoms with Crippen molar-refractivity contribution in [2.45, 2.75) is 0 Å². The summed E-state index contributed by atoms with van der Waals surface area (Å²) >= 11 is 7.29. The summed E-state index contributed by atoms with van der Waals surface area (Å²) in [6.07, 6.45) is 0. The summed E-state index contributed by atoms with van der Waals surface area (Å²) in [5.41, 5.74) is 18.8. The highest BCUT2D eigenvalue weighted by atomic mass is 35.5. The Kier molecular flexibility index (Phi) is 9.55. The van der Waals surface area contributed by atoms with E-state index in [-0.39, 0.29) is 0 Å². The highest BCUT2D eigenvalue weighted by Gasteiger charge is 2.23. The van der Waals surface area contributed by atoms with Gasteiger partial charge in [0.25, 0.3) is 0 Å². The van der Waals surface area contributed by atoms with Crippen LogP contribution < -0.4 is 0 Å². The predicted molar refractivity (Wildman–Crippen MR) is 270 cm³/mol. The first-order valence-electron chi connectivity index (χ1n) is 21.9. The van der Waals surface area contributed by atoms with Crippen LogP contribution in [0, 0.1) is 0 Å². The van der Waals surface area contributed by atoms with Crippen molar-refractivity contribution < 1.29 is 0 Å². The molecular weight excluding hydrogens is 810 g/mol. The largest absolute Gasteiger partial charge is 0.208 e. The summed E-state index contributed by atoms with van der Waals surface area (Å²) in [4.78, 5) is 15.2. The second kappa shape index (κ2) is 16.1. The third-order valence-corrected chi connectivity index (χ3v) is 12.9. The zero-order chi connectivity index (χ0) is 43.3. The maximum absolute atomic E-state index is 7.29. The number of rotatable bonds is 8. The van der Waals surface area contributed by atoms with E-state index in [1.165, 1.54) is 38.6 Å². The second-order valence-corrected chi connectivity index (χ2v) is 16.9. The van der Waals surface area contributed by atoms with Crippen LogP contribution in [-0.4, -0.2) is 15.0 Å². The Morgan fingerprint density at radius 2 is 0.692 bits per heavy atom. The fraction of sp³-hybridized carbons (Fsp3) is 0. The van der Waals surface area contributed by atoms with Gasteiger partial charge in [-0.3, -0.25) is 0 Å². The SMILES string of the molecule is Clc1cccc(-c2cccc(-c3nc(-c4ccccc4)nc(-c4ccc(-c5ccccc5)cc4)n3)c2)c1-c1ccccc1-c1cccc(-c2cc3c4c(cccc4c2)-c2ccccc2-3)c1. The smallest absolute Gasteiger partial charge is 0.164 e. The van der Waals surface area contributed by atoms with Gasteiger partial charge in [-0.25, -0.2) is 15.0 Å². The summed E-state index contributed by atoms with van der Waals surface area (Å²) in [5, 5.41) is 3.26. The predicted octanol–water partition coefficient (Wildman–Crippen LogP) is 16.7. The van der Waals surface area contributed by atoms with Crippen LogP contribution in [0.25, 0.3) is 123 Å². The molecule has 0 bridgehead atoms. The molecule has 1 aromatic heterocycles. The second-order valence-electron chi connectivity index (χ2n) is 16.5. The van der Waals surface area contributed by atoms with E-state index in [1.807, 2.05) is 48.5 Å². The van der Waals surface area contributed by atoms with E-state index in [1.54, 1.807) is 0 Å². The Bertz CT molecular complexity index is 3600. The molecule has 11 aromatic rings. The van der Waals surface area contributed by atoms with Crippen molar-refractivity contribution in [1.29, 1.82) is 0 Å². The quantitative estimate of drug-likeness (QED) is 0.153. The molecule has 304 valence electrons. The van der Waals surface area contributed by atoms with Gasteiger partial charge in [-0.1, -0.05) is 212 Å². The summed E-state index contributed by atoms with van der Waals surface area (Å²) in [6, 6.07) is 81.1. The molecule has 0 atom stereocenters. The van der Waals surface area contributed by atoms with Crippen LogP contribution in [0.2, 0.25) is 5.02 Å². The van der Waals surface area contributed by atoms with Crippen LogP contribution in [-0.2, 0) is 0 Å². The normalized spacial score (nSPS) is 11.5. The van der Waals surface area contributed by atoms with Gasteiger partial charge in [-0.2, -0.15) is 0 Å². The van der Waals surface area contributed by atoms with Gasteiger partial charge < -0.3 is 0 Å². The van der Waals surface area contributed by atoms with Crippen molar-refractivity contribution in [1.82, 2.24) is 15.0 Å². The number of aromatic nitrogens is 3. The van der Waals surface area contributed by atoms with E-state index in [4.69, 9.17) is 26.6 Å². The average Bonchev–Trinajstić information content (AvgIpc) is 3.71. The maximum Gasteiger partial charge on any atom is 0.164 e. The van der Waals surface area contributed by atoms with Gasteiger partial charge in [0.15, 0.2) is 17.5 Å². The molecule has 0 saturated carbocycles. The maximum atomic E-state index is 7.29. The minimum Gasteiger partial charge on any atom is -0.208 e. The van der Waals surface area contributed by atoms with E-state index < -0.39 is 0 Å². The molecule has 1 aliphatic carbocycles. The highest BCUT2D eigenvalue weighted by Crippen LogP contribution is 2.49. The molecule has 0 saturated heterocycles. The van der Waals surface area contributed by atoms with Crippen molar-refractivity contribution in [3.63, 3.8) is 0 Å². The molecule has 0 aliphatic heterocycles. The lowest BCUT2D eigenvalue weighted by atomic mass is 9.88. The van der Waals surface area contributed by atoms with E-state index in [0.717, 1.165) is 66.8 Å². The molecule has 1 aliphatic rings. The van der Waals surface area contributed by atoms with E-state index in [2.05, 4.69) is 182 Å². The van der Waals surface area contributed by atoms with Gasteiger partial charge in [0.1, 0.15) is 0 Å². The van der Waals surface area contributed by atoms with Gasteiger partial charge in [0.05, 0.1) is 0 Å². The van der Waals surface area contributed by atoms with Crippen molar-refractivity contribution in [3.8, 4) is 112 Å². The van der Waals surface area contributed by atoms with Crippen LogP contribution in [0.3, 0.4) is 0 Å². The lowest BCUT2D eigenvalue weighted by Gasteiger charge is -2.17. The Labute approximate surface area is 383 Å². The third-order valence-electron chi connectivity index (χ3n) is 12.6. The Morgan fingerprint density at radius 1 is 0.246 bits per heavy atom. The van der Waals surface area contributed by atoms with Crippen molar-refractivity contribution >= 4 is 22.4 Å². The third kappa shape index (κ3) is 7.00. The average molecular weight is 848 g/mol. The van der Waals surface area contributed by atoms with Crippen LogP contribution in [0.4, 0.5) is 0 Å². The van der Waals surface area contributed by atoms with Crippen LogP contribution >= 0.6 is 11.6 Å². The van der Waals surface area contributed by atoms with Gasteiger partial charge >= 0.3 is 0 Å². The molecule has 10 aromatic carbocycles. The van der Waals surface area contributed by atoms with Crippen molar-refractivity contribution in [2.24, 2.45) is 0 Å². The molecule has 0 unspecified atom stereocenters. The molecule has 0 amide bonds. The zero-order valence-electron chi connectivity index (χ0n) is 35.2. The molecule has 0 spiro atoms. The number of halogens is 1. The standard InChI is InChI=1S/C61H38ClN3/c62-56-30-14-28-50(45-21-12-23-47(36-45)61-64-59(41-17-5-2-6-18-41)63-60(65-61)42-33-31-40(32-34-42)39-15-3-1-4-16-39)58(56)53-27-10-7-24-49(53)44-20-11-19-43(35-44)48-37-46-22-13-29-54-51-25-8-9-26-52(51)55(38-48)57(46)54/h1-38H. The number of fused-ring (bicyclic) bond motifs is 3. The molecule has 3 nitrogen and oxygen atoms in total. The van der Waals surface area contributed by atoms with Gasteiger partial charge in [0, 0.05) is 27.3 Å². The van der Waals surface area contributed by atoms with E-state index >= 15 is 0 Å². The number of hydrogen-bond acceptors (Lipinski definition) is 3. The number of benzene rings is 10. The minimum atomic E-state index is 0.593. The fourth-order valence-corrected chi connectivity index (χ4v) is 9.74. The molecule has 0 radical (unpaired) electrons. The zero-order valence-corrected chi connectivity index (χ0v) is 35.9. The topological polar surface area (TPSA) is 38.7 Å². The Balaban J connectivity index is 0.939. The molecule has 4 heteroatoms.